The second kappa shape index (κ2) is 5.10. The van der Waals surface area contributed by atoms with Crippen LogP contribution in [0.25, 0.3) is 0 Å². The summed E-state index contributed by atoms with van der Waals surface area (Å²) < 4.78 is 0. The Kier molecular flexibility index (Phi) is 3.54. The van der Waals surface area contributed by atoms with Gasteiger partial charge in [0.1, 0.15) is 0 Å². The van der Waals surface area contributed by atoms with Crippen LogP contribution in [0.5, 0.6) is 0 Å². The third-order valence-electron chi connectivity index (χ3n) is 2.43. The van der Waals surface area contributed by atoms with Gasteiger partial charge in [-0.2, -0.15) is 0 Å². The number of rotatable bonds is 3. The van der Waals surface area contributed by atoms with Crippen molar-refractivity contribution in [3.05, 3.63) is 64.9 Å². The maximum Gasteiger partial charge on any atom is 0.0830 e. The van der Waals surface area contributed by atoms with Crippen LogP contribution in [0, 0.1) is 0 Å². The Morgan fingerprint density at radius 3 is 2.31 bits per heavy atom. The van der Waals surface area contributed by atoms with Crippen LogP contribution in [0.1, 0.15) is 17.2 Å². The van der Waals surface area contributed by atoms with Gasteiger partial charge in [0, 0.05) is 23.8 Å². The van der Waals surface area contributed by atoms with E-state index in [1.165, 1.54) is 0 Å². The fraction of sp³-hybridized carbons (Fsp3) is 0.154. The molecule has 1 aromatic carbocycles. The Morgan fingerprint density at radius 2 is 1.69 bits per heavy atom. The molecule has 0 aliphatic carbocycles. The van der Waals surface area contributed by atoms with Crippen molar-refractivity contribution in [3.63, 3.8) is 0 Å². The Bertz CT molecular complexity index is 441. The van der Waals surface area contributed by atoms with Gasteiger partial charge in [0.2, 0.25) is 0 Å². The van der Waals surface area contributed by atoms with Crippen LogP contribution in [0.4, 0.5) is 0 Å². The van der Waals surface area contributed by atoms with Gasteiger partial charge in [0.05, 0.1) is 6.10 Å². The first-order chi connectivity index (χ1) is 7.75. The van der Waals surface area contributed by atoms with Crippen molar-refractivity contribution in [1.29, 1.82) is 0 Å². The minimum atomic E-state index is -0.500. The maximum absolute atomic E-state index is 10.0. The normalized spacial score (nSPS) is 12.4. The molecule has 2 aromatic rings. The summed E-state index contributed by atoms with van der Waals surface area (Å²) in [6.07, 6.45) is 3.54. The van der Waals surface area contributed by atoms with Crippen molar-refractivity contribution in [2.75, 3.05) is 0 Å². The van der Waals surface area contributed by atoms with Gasteiger partial charge in [-0.05, 0) is 35.4 Å². The van der Waals surface area contributed by atoms with Gasteiger partial charge in [-0.1, -0.05) is 23.7 Å². The van der Waals surface area contributed by atoms with Crippen molar-refractivity contribution >= 4 is 11.6 Å². The number of benzene rings is 1. The quantitative estimate of drug-likeness (QED) is 0.884. The molecule has 2 nitrogen and oxygen atoms in total. The van der Waals surface area contributed by atoms with Crippen LogP contribution in [0.3, 0.4) is 0 Å². The van der Waals surface area contributed by atoms with Gasteiger partial charge >= 0.3 is 0 Å². The summed E-state index contributed by atoms with van der Waals surface area (Å²) in [5, 5.41) is 10.7. The summed E-state index contributed by atoms with van der Waals surface area (Å²) in [7, 11) is 0. The summed E-state index contributed by atoms with van der Waals surface area (Å²) in [6.45, 7) is 0. The second-order valence-corrected chi connectivity index (χ2v) is 4.06. The zero-order chi connectivity index (χ0) is 11.4. The van der Waals surface area contributed by atoms with E-state index in [1.54, 1.807) is 24.5 Å². The van der Waals surface area contributed by atoms with E-state index in [0.717, 1.165) is 11.1 Å². The lowest BCUT2D eigenvalue weighted by molar-refractivity contribution is 0.178. The van der Waals surface area contributed by atoms with Crippen molar-refractivity contribution in [2.24, 2.45) is 0 Å². The van der Waals surface area contributed by atoms with Crippen LogP contribution >= 0.6 is 11.6 Å². The number of hydrogen-bond donors (Lipinski definition) is 1. The number of aromatic nitrogens is 1. The summed E-state index contributed by atoms with van der Waals surface area (Å²) >= 11 is 5.79. The third-order valence-corrected chi connectivity index (χ3v) is 2.69. The molecule has 1 aromatic heterocycles. The zero-order valence-electron chi connectivity index (χ0n) is 8.68. The molecular weight excluding hydrogens is 222 g/mol. The predicted molar refractivity (Wildman–Crippen MR) is 64.4 cm³/mol. The monoisotopic (exact) mass is 233 g/mol. The van der Waals surface area contributed by atoms with Gasteiger partial charge in [0.25, 0.3) is 0 Å². The molecule has 0 fully saturated rings. The van der Waals surface area contributed by atoms with E-state index < -0.39 is 6.10 Å². The fourth-order valence-electron chi connectivity index (χ4n) is 1.54. The first-order valence-electron chi connectivity index (χ1n) is 5.08. The Hall–Kier alpha value is -1.38. The van der Waals surface area contributed by atoms with Crippen LogP contribution < -0.4 is 0 Å². The Morgan fingerprint density at radius 1 is 1.06 bits per heavy atom. The summed E-state index contributed by atoms with van der Waals surface area (Å²) in [5.41, 5.74) is 1.94. The molecule has 0 radical (unpaired) electrons. The average Bonchev–Trinajstić information content (AvgIpc) is 2.31. The number of pyridine rings is 1. The average molecular weight is 234 g/mol. The van der Waals surface area contributed by atoms with Crippen molar-refractivity contribution in [2.45, 2.75) is 12.5 Å². The lowest BCUT2D eigenvalue weighted by atomic mass is 10.0. The SMILES string of the molecule is OC(Cc1ccncc1)c1ccc(Cl)cc1. The number of aliphatic hydroxyl groups is 1. The molecule has 1 atom stereocenters. The highest BCUT2D eigenvalue weighted by Crippen LogP contribution is 2.19. The molecule has 2 rings (SSSR count). The second-order valence-electron chi connectivity index (χ2n) is 3.63. The van der Waals surface area contributed by atoms with E-state index in [-0.39, 0.29) is 0 Å². The highest BCUT2D eigenvalue weighted by molar-refractivity contribution is 6.30. The highest BCUT2D eigenvalue weighted by atomic mass is 35.5. The molecule has 82 valence electrons. The molecule has 16 heavy (non-hydrogen) atoms. The Labute approximate surface area is 99.5 Å². The molecule has 0 saturated carbocycles. The Balaban J connectivity index is 2.09. The minimum absolute atomic E-state index is 0.500. The largest absolute Gasteiger partial charge is 0.388 e. The zero-order valence-corrected chi connectivity index (χ0v) is 9.43. The minimum Gasteiger partial charge on any atom is -0.388 e. The standard InChI is InChI=1S/C13H12ClNO/c14-12-3-1-11(2-4-12)13(16)9-10-5-7-15-8-6-10/h1-8,13,16H,9H2. The van der Waals surface area contributed by atoms with E-state index in [0.29, 0.717) is 11.4 Å². The summed E-state index contributed by atoms with van der Waals surface area (Å²) in [4.78, 5) is 3.94. The van der Waals surface area contributed by atoms with Crippen LogP contribution in [0.2, 0.25) is 5.02 Å². The first-order valence-corrected chi connectivity index (χ1v) is 5.46. The summed E-state index contributed by atoms with van der Waals surface area (Å²) in [6, 6.07) is 11.1. The van der Waals surface area contributed by atoms with E-state index in [2.05, 4.69) is 4.98 Å². The highest BCUT2D eigenvalue weighted by Gasteiger charge is 2.07. The molecule has 0 aliphatic rings. The molecule has 3 heteroatoms. The number of hydrogen-bond acceptors (Lipinski definition) is 2. The van der Waals surface area contributed by atoms with Crippen molar-refractivity contribution < 1.29 is 5.11 Å². The molecule has 0 aliphatic heterocycles. The number of aliphatic hydroxyl groups excluding tert-OH is 1. The van der Waals surface area contributed by atoms with Gasteiger partial charge in [-0.3, -0.25) is 4.98 Å². The topological polar surface area (TPSA) is 33.1 Å². The lowest BCUT2D eigenvalue weighted by Gasteiger charge is -2.10. The van der Waals surface area contributed by atoms with Crippen molar-refractivity contribution in [3.8, 4) is 0 Å². The number of nitrogens with zero attached hydrogens (tertiary/aromatic N) is 1. The molecule has 1 N–H and O–H groups in total. The third kappa shape index (κ3) is 2.81. The molecular formula is C13H12ClNO. The van der Waals surface area contributed by atoms with E-state index in [1.807, 2.05) is 24.3 Å². The van der Waals surface area contributed by atoms with Crippen LogP contribution in [-0.4, -0.2) is 10.1 Å². The molecule has 0 saturated heterocycles. The van der Waals surface area contributed by atoms with Crippen LogP contribution in [-0.2, 0) is 6.42 Å². The van der Waals surface area contributed by atoms with Crippen molar-refractivity contribution in [1.82, 2.24) is 4.98 Å². The smallest absolute Gasteiger partial charge is 0.0830 e. The number of halogens is 1. The van der Waals surface area contributed by atoms with E-state index in [9.17, 15) is 5.11 Å². The van der Waals surface area contributed by atoms with E-state index >= 15 is 0 Å². The van der Waals surface area contributed by atoms with Crippen LogP contribution in [0.15, 0.2) is 48.8 Å². The van der Waals surface area contributed by atoms with E-state index in [4.69, 9.17) is 11.6 Å². The fourth-order valence-corrected chi connectivity index (χ4v) is 1.67. The molecule has 0 spiro atoms. The first kappa shape index (κ1) is 11.1. The van der Waals surface area contributed by atoms with Gasteiger partial charge in [0.15, 0.2) is 0 Å². The van der Waals surface area contributed by atoms with Gasteiger partial charge in [-0.15, -0.1) is 0 Å². The van der Waals surface area contributed by atoms with Gasteiger partial charge < -0.3 is 5.11 Å². The van der Waals surface area contributed by atoms with Gasteiger partial charge in [-0.25, -0.2) is 0 Å². The molecule has 0 amide bonds. The molecule has 1 unspecified atom stereocenters. The lowest BCUT2D eigenvalue weighted by Crippen LogP contribution is -2.01. The molecule has 0 bridgehead atoms. The molecule has 1 heterocycles. The summed E-state index contributed by atoms with van der Waals surface area (Å²) in [5.74, 6) is 0. The predicted octanol–water partition coefficient (Wildman–Crippen LogP) is 3.01. The maximum atomic E-state index is 10.0.